The number of para-hydroxylation sites is 1. The Morgan fingerprint density at radius 3 is 2.88 bits per heavy atom. The van der Waals surface area contributed by atoms with Crippen LogP contribution in [0.5, 0.6) is 0 Å². The number of carbonyl (C=O) groups excluding carboxylic acids is 1. The van der Waals surface area contributed by atoms with E-state index in [1.807, 2.05) is 36.4 Å². The molecule has 1 unspecified atom stereocenters. The fourth-order valence-electron chi connectivity index (χ4n) is 3.69. The average Bonchev–Trinajstić information content (AvgIpc) is 3.10. The maximum atomic E-state index is 12.7. The van der Waals surface area contributed by atoms with Crippen molar-refractivity contribution < 1.29 is 4.79 Å². The van der Waals surface area contributed by atoms with Gasteiger partial charge in [0.15, 0.2) is 0 Å². The van der Waals surface area contributed by atoms with Crippen molar-refractivity contribution in [2.75, 3.05) is 19.6 Å². The molecule has 5 nitrogen and oxygen atoms in total. The summed E-state index contributed by atoms with van der Waals surface area (Å²) in [6.45, 7) is 3.18. The van der Waals surface area contributed by atoms with Gasteiger partial charge in [-0.1, -0.05) is 24.3 Å². The lowest BCUT2D eigenvalue weighted by Gasteiger charge is -2.33. The van der Waals surface area contributed by atoms with Gasteiger partial charge in [0, 0.05) is 17.5 Å². The summed E-state index contributed by atoms with van der Waals surface area (Å²) in [5.41, 5.74) is 1.37. The van der Waals surface area contributed by atoms with E-state index < -0.39 is 0 Å². The topological polar surface area (TPSA) is 66.1 Å². The highest BCUT2D eigenvalue weighted by atomic mass is 16.1. The van der Waals surface area contributed by atoms with E-state index in [1.54, 1.807) is 0 Å². The Morgan fingerprint density at radius 2 is 2.12 bits per heavy atom. The minimum Gasteiger partial charge on any atom is -0.346 e. The number of nitrogens with one attached hydrogen (secondary N) is 3. The van der Waals surface area contributed by atoms with Gasteiger partial charge in [-0.25, -0.2) is 4.98 Å². The normalized spacial score (nSPS) is 22.2. The predicted octanol–water partition coefficient (Wildman–Crippen LogP) is 1.69. The van der Waals surface area contributed by atoms with Crippen molar-refractivity contribution >= 4 is 16.8 Å². The second-order valence-corrected chi connectivity index (χ2v) is 6.93. The zero-order chi connectivity index (χ0) is 16.4. The number of hydrogen-bond acceptors (Lipinski definition) is 4. The number of fused-ring (bicyclic) bond motifs is 1. The molecule has 3 N–H and O–H groups in total. The predicted molar refractivity (Wildman–Crippen MR) is 95.0 cm³/mol. The van der Waals surface area contributed by atoms with Crippen LogP contribution in [0, 0.1) is 5.92 Å². The largest absolute Gasteiger partial charge is 0.346 e. The SMILES string of the molecule is O=C(NC(CC1CNC1)[C@@H]1CCCN1)c1ccc2ccccc2n1. The first-order valence-electron chi connectivity index (χ1n) is 8.90. The molecule has 2 atom stereocenters. The molecule has 24 heavy (non-hydrogen) atoms. The molecular weight excluding hydrogens is 300 g/mol. The van der Waals surface area contributed by atoms with Crippen LogP contribution < -0.4 is 16.0 Å². The Morgan fingerprint density at radius 1 is 1.25 bits per heavy atom. The molecule has 2 saturated heterocycles. The van der Waals surface area contributed by atoms with E-state index >= 15 is 0 Å². The summed E-state index contributed by atoms with van der Waals surface area (Å²) >= 11 is 0. The van der Waals surface area contributed by atoms with Crippen molar-refractivity contribution in [2.45, 2.75) is 31.3 Å². The van der Waals surface area contributed by atoms with Gasteiger partial charge in [-0.3, -0.25) is 4.79 Å². The molecule has 0 spiro atoms. The number of hydrogen-bond donors (Lipinski definition) is 3. The summed E-state index contributed by atoms with van der Waals surface area (Å²) in [7, 11) is 0. The summed E-state index contributed by atoms with van der Waals surface area (Å²) in [6.07, 6.45) is 3.36. The maximum Gasteiger partial charge on any atom is 0.270 e. The fourth-order valence-corrected chi connectivity index (χ4v) is 3.69. The van der Waals surface area contributed by atoms with E-state index in [9.17, 15) is 4.79 Å². The lowest BCUT2D eigenvalue weighted by molar-refractivity contribution is 0.0912. The van der Waals surface area contributed by atoms with Crippen LogP contribution in [0.25, 0.3) is 10.9 Å². The number of rotatable bonds is 5. The summed E-state index contributed by atoms with van der Waals surface area (Å²) in [5, 5.41) is 11.2. The molecule has 0 saturated carbocycles. The minimum atomic E-state index is -0.0632. The van der Waals surface area contributed by atoms with Gasteiger partial charge in [0.25, 0.3) is 5.91 Å². The molecule has 2 aliphatic heterocycles. The van der Waals surface area contributed by atoms with E-state index in [4.69, 9.17) is 0 Å². The zero-order valence-corrected chi connectivity index (χ0v) is 13.8. The van der Waals surface area contributed by atoms with Crippen LogP contribution in [-0.2, 0) is 0 Å². The third kappa shape index (κ3) is 3.28. The molecule has 126 valence electrons. The van der Waals surface area contributed by atoms with E-state index in [-0.39, 0.29) is 11.9 Å². The van der Waals surface area contributed by atoms with E-state index in [2.05, 4.69) is 20.9 Å². The standard InChI is InChI=1S/C19H24N4O/c24-19(17-8-7-14-4-1-2-5-15(14)22-17)23-18(10-13-11-20-12-13)16-6-3-9-21-16/h1-2,4-5,7-8,13,16,18,20-21H,3,6,9-12H2,(H,23,24)/t16-,18?/m0/s1. The molecule has 0 aliphatic carbocycles. The summed E-state index contributed by atoms with van der Waals surface area (Å²) in [5.74, 6) is 0.606. The van der Waals surface area contributed by atoms with E-state index in [0.717, 1.165) is 43.4 Å². The monoisotopic (exact) mass is 324 g/mol. The van der Waals surface area contributed by atoms with E-state index in [1.165, 1.54) is 6.42 Å². The van der Waals surface area contributed by atoms with Gasteiger partial charge in [0.05, 0.1) is 5.52 Å². The first-order chi connectivity index (χ1) is 11.8. The second-order valence-electron chi connectivity index (χ2n) is 6.93. The molecule has 5 heteroatoms. The van der Waals surface area contributed by atoms with Crippen LogP contribution in [0.3, 0.4) is 0 Å². The van der Waals surface area contributed by atoms with Crippen LogP contribution in [0.2, 0.25) is 0 Å². The molecule has 3 heterocycles. The molecular formula is C19H24N4O. The van der Waals surface area contributed by atoms with Gasteiger partial charge >= 0.3 is 0 Å². The molecule has 1 aromatic carbocycles. The Bertz CT molecular complexity index is 722. The first kappa shape index (κ1) is 15.5. The Balaban J connectivity index is 1.49. The summed E-state index contributed by atoms with van der Waals surface area (Å²) in [4.78, 5) is 17.2. The number of pyridine rings is 1. The molecule has 0 bridgehead atoms. The van der Waals surface area contributed by atoms with Crippen molar-refractivity contribution in [3.63, 3.8) is 0 Å². The smallest absolute Gasteiger partial charge is 0.270 e. The highest BCUT2D eigenvalue weighted by Gasteiger charge is 2.30. The Kier molecular flexibility index (Phi) is 4.45. The number of aromatic nitrogens is 1. The van der Waals surface area contributed by atoms with Crippen molar-refractivity contribution in [2.24, 2.45) is 5.92 Å². The van der Waals surface area contributed by atoms with Crippen LogP contribution >= 0.6 is 0 Å². The van der Waals surface area contributed by atoms with Gasteiger partial charge < -0.3 is 16.0 Å². The van der Waals surface area contributed by atoms with Gasteiger partial charge in [-0.05, 0) is 56.9 Å². The van der Waals surface area contributed by atoms with Crippen molar-refractivity contribution in [3.8, 4) is 0 Å². The summed E-state index contributed by atoms with van der Waals surface area (Å²) in [6, 6.07) is 12.2. The molecule has 2 aliphatic rings. The number of benzene rings is 1. The highest BCUT2D eigenvalue weighted by molar-refractivity contribution is 5.95. The quantitative estimate of drug-likeness (QED) is 0.783. The lowest BCUT2D eigenvalue weighted by atomic mass is 9.90. The van der Waals surface area contributed by atoms with Crippen molar-refractivity contribution in [1.29, 1.82) is 0 Å². The molecule has 2 aromatic rings. The Labute approximate surface area is 142 Å². The van der Waals surface area contributed by atoms with Gasteiger partial charge in [0.2, 0.25) is 0 Å². The molecule has 0 radical (unpaired) electrons. The van der Waals surface area contributed by atoms with Crippen LogP contribution in [-0.4, -0.2) is 42.6 Å². The fraction of sp³-hybridized carbons (Fsp3) is 0.474. The zero-order valence-electron chi connectivity index (χ0n) is 13.8. The van der Waals surface area contributed by atoms with Crippen LogP contribution in [0.1, 0.15) is 29.8 Å². The van der Waals surface area contributed by atoms with E-state index in [0.29, 0.717) is 17.7 Å². The second kappa shape index (κ2) is 6.87. The summed E-state index contributed by atoms with van der Waals surface area (Å²) < 4.78 is 0. The van der Waals surface area contributed by atoms with Gasteiger partial charge in [0.1, 0.15) is 5.69 Å². The molecule has 2 fully saturated rings. The highest BCUT2D eigenvalue weighted by Crippen LogP contribution is 2.19. The van der Waals surface area contributed by atoms with Gasteiger partial charge in [-0.15, -0.1) is 0 Å². The molecule has 1 aromatic heterocycles. The van der Waals surface area contributed by atoms with Crippen molar-refractivity contribution in [3.05, 3.63) is 42.1 Å². The molecule has 1 amide bonds. The number of amides is 1. The van der Waals surface area contributed by atoms with Gasteiger partial charge in [-0.2, -0.15) is 0 Å². The number of carbonyl (C=O) groups is 1. The first-order valence-corrected chi connectivity index (χ1v) is 8.90. The Hall–Kier alpha value is -1.98. The minimum absolute atomic E-state index is 0.0632. The maximum absolute atomic E-state index is 12.7. The van der Waals surface area contributed by atoms with Crippen molar-refractivity contribution in [1.82, 2.24) is 20.9 Å². The third-order valence-electron chi connectivity index (χ3n) is 5.18. The lowest BCUT2D eigenvalue weighted by Crippen LogP contribution is -2.52. The third-order valence-corrected chi connectivity index (χ3v) is 5.18. The van der Waals surface area contributed by atoms with Crippen LogP contribution in [0.4, 0.5) is 0 Å². The molecule has 4 rings (SSSR count). The number of nitrogens with zero attached hydrogens (tertiary/aromatic N) is 1. The average molecular weight is 324 g/mol. The van der Waals surface area contributed by atoms with Crippen LogP contribution in [0.15, 0.2) is 36.4 Å².